The van der Waals surface area contributed by atoms with E-state index in [9.17, 15) is 10.2 Å². The van der Waals surface area contributed by atoms with Crippen molar-refractivity contribution in [2.45, 2.75) is 43.9 Å². The van der Waals surface area contributed by atoms with Crippen LogP contribution in [0.25, 0.3) is 21.9 Å². The van der Waals surface area contributed by atoms with Crippen molar-refractivity contribution in [3.63, 3.8) is 0 Å². The molecule has 0 amide bonds. The number of nitrogen functional groups attached to an aromatic ring is 2. The standard InChI is InChI=1S/C24H25ClN6O2/c25-16-10-13-2-1-12(9-17(13)30-22(16)27)3-6-24-7-4-15(24)18(19(32)20(24)33)31-8-5-14-21(26)28-11-29-23(14)31/h1-2,5,8-11,15,18-20,32-33H,3-4,6-7H2,(H2,27,30)(H2,26,28,29)/t15-,18-,19+,20+,24-/m1/s1. The first-order valence-corrected chi connectivity index (χ1v) is 11.5. The SMILES string of the molecule is Nc1nc2cc(CC[C@@]34CC[C@@H]3[C@@H](n3ccc5c(N)ncnc53)[C@H](O)[C@@H]4O)ccc2cc1Cl. The fraction of sp³-hybridized carbons (Fsp3) is 0.375. The number of hydrogen-bond acceptors (Lipinski definition) is 7. The molecule has 3 heterocycles. The molecule has 6 N–H and O–H groups in total. The highest BCUT2D eigenvalue weighted by Crippen LogP contribution is 2.64. The molecule has 9 heteroatoms. The largest absolute Gasteiger partial charge is 0.390 e. The van der Waals surface area contributed by atoms with Crippen molar-refractivity contribution in [2.24, 2.45) is 11.3 Å². The minimum atomic E-state index is -0.871. The van der Waals surface area contributed by atoms with Gasteiger partial charge in [0.25, 0.3) is 0 Å². The lowest BCUT2D eigenvalue weighted by Gasteiger charge is -2.48. The molecule has 0 saturated heterocycles. The summed E-state index contributed by atoms with van der Waals surface area (Å²) in [6.07, 6.45) is 5.05. The monoisotopic (exact) mass is 464 g/mol. The quantitative estimate of drug-likeness (QED) is 0.364. The molecule has 3 aromatic heterocycles. The molecule has 1 aromatic carbocycles. The minimum Gasteiger partial charge on any atom is -0.390 e. The van der Waals surface area contributed by atoms with Crippen molar-refractivity contribution in [3.05, 3.63) is 53.4 Å². The van der Waals surface area contributed by atoms with Gasteiger partial charge in [-0.25, -0.2) is 15.0 Å². The van der Waals surface area contributed by atoms with Gasteiger partial charge in [-0.2, -0.15) is 0 Å². The molecule has 0 bridgehead atoms. The van der Waals surface area contributed by atoms with Crippen LogP contribution in [-0.2, 0) is 6.42 Å². The summed E-state index contributed by atoms with van der Waals surface area (Å²) in [5.74, 6) is 0.889. The predicted octanol–water partition coefficient (Wildman–Crippen LogP) is 3.10. The number of fused-ring (bicyclic) bond motifs is 3. The lowest BCUT2D eigenvalue weighted by molar-refractivity contribution is -0.0742. The second-order valence-corrected chi connectivity index (χ2v) is 9.81. The predicted molar refractivity (Wildman–Crippen MR) is 128 cm³/mol. The molecular weight excluding hydrogens is 440 g/mol. The van der Waals surface area contributed by atoms with Crippen molar-refractivity contribution >= 4 is 45.2 Å². The van der Waals surface area contributed by atoms with E-state index in [-0.39, 0.29) is 17.4 Å². The zero-order chi connectivity index (χ0) is 22.9. The topological polar surface area (TPSA) is 136 Å². The van der Waals surface area contributed by atoms with E-state index in [2.05, 4.69) is 21.0 Å². The smallest absolute Gasteiger partial charge is 0.145 e. The lowest BCUT2D eigenvalue weighted by Crippen LogP contribution is -2.46. The van der Waals surface area contributed by atoms with E-state index in [0.29, 0.717) is 22.3 Å². The molecule has 6 rings (SSSR count). The normalized spacial score (nSPS) is 28.8. The van der Waals surface area contributed by atoms with Gasteiger partial charge in [0.15, 0.2) is 0 Å². The molecule has 5 atom stereocenters. The third-order valence-corrected chi connectivity index (χ3v) is 8.24. The Kier molecular flexibility index (Phi) is 4.56. The zero-order valence-corrected chi connectivity index (χ0v) is 18.7. The summed E-state index contributed by atoms with van der Waals surface area (Å²) >= 11 is 6.09. The molecule has 0 unspecified atom stereocenters. The summed E-state index contributed by atoms with van der Waals surface area (Å²) < 4.78 is 1.97. The summed E-state index contributed by atoms with van der Waals surface area (Å²) in [7, 11) is 0. The van der Waals surface area contributed by atoms with Gasteiger partial charge in [0.2, 0.25) is 0 Å². The Balaban J connectivity index is 1.29. The van der Waals surface area contributed by atoms with Crippen molar-refractivity contribution in [3.8, 4) is 0 Å². The Morgan fingerprint density at radius 2 is 1.97 bits per heavy atom. The number of nitrogens with two attached hydrogens (primary N) is 2. The van der Waals surface area contributed by atoms with Crippen molar-refractivity contribution in [2.75, 3.05) is 11.5 Å². The van der Waals surface area contributed by atoms with E-state index < -0.39 is 12.2 Å². The van der Waals surface area contributed by atoms with Gasteiger partial charge < -0.3 is 26.2 Å². The van der Waals surface area contributed by atoms with Gasteiger partial charge in [-0.05, 0) is 55.4 Å². The number of aliphatic hydroxyl groups excluding tert-OH is 2. The van der Waals surface area contributed by atoms with E-state index in [1.807, 2.05) is 35.0 Å². The Morgan fingerprint density at radius 1 is 1.12 bits per heavy atom. The van der Waals surface area contributed by atoms with Crippen LogP contribution in [0.3, 0.4) is 0 Å². The van der Waals surface area contributed by atoms with E-state index in [0.717, 1.165) is 47.5 Å². The van der Waals surface area contributed by atoms with Gasteiger partial charge in [-0.1, -0.05) is 23.7 Å². The second kappa shape index (κ2) is 7.28. The first-order valence-electron chi connectivity index (χ1n) is 11.2. The maximum atomic E-state index is 11.2. The van der Waals surface area contributed by atoms with Gasteiger partial charge in [-0.15, -0.1) is 0 Å². The molecule has 8 nitrogen and oxygen atoms in total. The van der Waals surface area contributed by atoms with Gasteiger partial charge in [0, 0.05) is 17.0 Å². The van der Waals surface area contributed by atoms with Crippen LogP contribution in [0, 0.1) is 11.3 Å². The fourth-order valence-electron chi connectivity index (χ4n) is 6.11. The first kappa shape index (κ1) is 20.7. The van der Waals surface area contributed by atoms with Gasteiger partial charge >= 0.3 is 0 Å². The zero-order valence-electron chi connectivity index (χ0n) is 17.9. The van der Waals surface area contributed by atoms with Crippen molar-refractivity contribution in [1.82, 2.24) is 19.5 Å². The van der Waals surface area contributed by atoms with Crippen LogP contribution in [-0.4, -0.2) is 41.9 Å². The Bertz CT molecular complexity index is 1390. The highest BCUT2D eigenvalue weighted by molar-refractivity contribution is 6.33. The average molecular weight is 465 g/mol. The number of anilines is 2. The second-order valence-electron chi connectivity index (χ2n) is 9.41. The number of nitrogens with zero attached hydrogens (tertiary/aromatic N) is 4. The van der Waals surface area contributed by atoms with Crippen molar-refractivity contribution in [1.29, 1.82) is 0 Å². The van der Waals surface area contributed by atoms with Gasteiger partial charge in [0.05, 0.1) is 28.1 Å². The van der Waals surface area contributed by atoms with E-state index in [1.54, 1.807) is 0 Å². The molecule has 2 aliphatic rings. The molecule has 33 heavy (non-hydrogen) atoms. The molecule has 0 spiro atoms. The Morgan fingerprint density at radius 3 is 2.76 bits per heavy atom. The molecule has 170 valence electrons. The maximum absolute atomic E-state index is 11.2. The van der Waals surface area contributed by atoms with Crippen LogP contribution in [0.5, 0.6) is 0 Å². The first-order chi connectivity index (χ1) is 15.9. The van der Waals surface area contributed by atoms with Crippen LogP contribution in [0.2, 0.25) is 5.02 Å². The molecule has 2 saturated carbocycles. The maximum Gasteiger partial charge on any atom is 0.145 e. The minimum absolute atomic E-state index is 0.155. The summed E-state index contributed by atoms with van der Waals surface area (Å²) in [5.41, 5.74) is 14.2. The van der Waals surface area contributed by atoms with Crippen LogP contribution in [0.15, 0.2) is 42.9 Å². The summed E-state index contributed by atoms with van der Waals surface area (Å²) in [6.45, 7) is 0. The summed E-state index contributed by atoms with van der Waals surface area (Å²) in [4.78, 5) is 12.9. The lowest BCUT2D eigenvalue weighted by atomic mass is 9.58. The molecular formula is C24H25ClN6O2. The highest BCUT2D eigenvalue weighted by atomic mass is 35.5. The Hall–Kier alpha value is -2.94. The van der Waals surface area contributed by atoms with E-state index >= 15 is 0 Å². The number of hydrogen-bond donors (Lipinski definition) is 4. The number of benzene rings is 1. The molecule has 2 aliphatic carbocycles. The van der Waals surface area contributed by atoms with Crippen LogP contribution in [0.4, 0.5) is 11.6 Å². The number of aryl methyl sites for hydroxylation is 1. The van der Waals surface area contributed by atoms with Crippen LogP contribution in [0.1, 0.15) is 30.9 Å². The van der Waals surface area contributed by atoms with E-state index in [4.69, 9.17) is 23.1 Å². The van der Waals surface area contributed by atoms with Gasteiger partial charge in [0.1, 0.15) is 29.7 Å². The summed E-state index contributed by atoms with van der Waals surface area (Å²) in [5, 5.41) is 24.5. The average Bonchev–Trinajstić information content (AvgIpc) is 3.27. The Labute approximate surface area is 195 Å². The number of pyridine rings is 1. The van der Waals surface area contributed by atoms with Crippen molar-refractivity contribution < 1.29 is 10.2 Å². The van der Waals surface area contributed by atoms with Crippen LogP contribution >= 0.6 is 11.6 Å². The molecule has 4 aromatic rings. The number of aromatic nitrogens is 4. The molecule has 0 aliphatic heterocycles. The molecule has 2 fully saturated rings. The number of rotatable bonds is 4. The third-order valence-electron chi connectivity index (χ3n) is 7.94. The highest BCUT2D eigenvalue weighted by Gasteiger charge is 2.64. The third kappa shape index (κ3) is 2.94. The number of halogens is 1. The van der Waals surface area contributed by atoms with Crippen LogP contribution < -0.4 is 11.5 Å². The molecule has 0 radical (unpaired) electrons. The summed E-state index contributed by atoms with van der Waals surface area (Å²) in [6, 6.07) is 9.54. The van der Waals surface area contributed by atoms with E-state index in [1.165, 1.54) is 6.33 Å². The fourth-order valence-corrected chi connectivity index (χ4v) is 6.27. The number of aliphatic hydroxyl groups is 2. The van der Waals surface area contributed by atoms with Gasteiger partial charge in [-0.3, -0.25) is 0 Å².